The number of methoxy groups -OCH3 is 1. The third-order valence-corrected chi connectivity index (χ3v) is 2.61. The van der Waals surface area contributed by atoms with Crippen LogP contribution in [0.3, 0.4) is 0 Å². The lowest BCUT2D eigenvalue weighted by molar-refractivity contribution is -0.139. The van der Waals surface area contributed by atoms with E-state index in [-0.39, 0.29) is 12.4 Å². The number of oxime groups is 1. The Balaban J connectivity index is 0.000000477. The molecule has 108 valence electrons. The molecule has 2 aromatic carbocycles. The molecule has 0 spiro atoms. The minimum Gasteiger partial charge on any atom is -0.469 e. The summed E-state index contributed by atoms with van der Waals surface area (Å²) in [6, 6.07) is 16.9. The first-order chi connectivity index (χ1) is 10.3. The number of hydrogen-bond acceptors (Lipinski definition) is 5. The van der Waals surface area contributed by atoms with Crippen LogP contribution < -0.4 is 4.74 Å². The number of esters is 1. The molecule has 5 heteroatoms. The van der Waals surface area contributed by atoms with E-state index in [0.29, 0.717) is 5.75 Å². The molecular formula is C16H15NO4. The van der Waals surface area contributed by atoms with Crippen molar-refractivity contribution < 1.29 is 19.1 Å². The summed E-state index contributed by atoms with van der Waals surface area (Å²) < 4.78 is 10.4. The molecular weight excluding hydrogens is 270 g/mol. The number of hydrogen-bond donors (Lipinski definition) is 0. The maximum absolute atomic E-state index is 11.3. The van der Waals surface area contributed by atoms with Crippen molar-refractivity contribution in [3.8, 4) is 11.5 Å². The van der Waals surface area contributed by atoms with Gasteiger partial charge in [-0.2, -0.15) is 0 Å². The minimum absolute atomic E-state index is 0.208. The van der Waals surface area contributed by atoms with Gasteiger partial charge in [0.1, 0.15) is 11.5 Å². The molecule has 0 saturated heterocycles. The number of benzene rings is 2. The van der Waals surface area contributed by atoms with Gasteiger partial charge in [-0.05, 0) is 23.4 Å². The summed E-state index contributed by atoms with van der Waals surface area (Å²) in [7, 11) is 1.38. The van der Waals surface area contributed by atoms with Crippen LogP contribution in [0.2, 0.25) is 0 Å². The Morgan fingerprint density at radius 3 is 2.33 bits per heavy atom. The first-order valence-electron chi connectivity index (χ1n) is 6.35. The van der Waals surface area contributed by atoms with Crippen LogP contribution in [0.5, 0.6) is 11.5 Å². The molecule has 0 fully saturated rings. The third-order valence-electron chi connectivity index (χ3n) is 2.61. The fraction of sp³-hybridized carbons (Fsp3) is 0.125. The summed E-state index contributed by atoms with van der Waals surface area (Å²) in [4.78, 5) is 15.3. The lowest BCUT2D eigenvalue weighted by Gasteiger charge is -2.10. The lowest BCUT2D eigenvalue weighted by Crippen LogP contribution is -2.05. The van der Waals surface area contributed by atoms with E-state index in [0.717, 1.165) is 11.3 Å². The molecule has 1 aliphatic rings. The van der Waals surface area contributed by atoms with Gasteiger partial charge in [0, 0.05) is 5.56 Å². The standard InChI is InChI=1S/C15H14O3.CHNO/c1-17-15(16)11-12-7-5-6-10-14(12)18-13-8-3-2-4-9-13;1-2-3-1/h2-10H,11H2,1H3;1H. The number of ether oxygens (including phenoxy) is 2. The Morgan fingerprint density at radius 1 is 1.10 bits per heavy atom. The average Bonchev–Trinajstić information content (AvgIpc) is 3.39. The minimum atomic E-state index is -0.279. The quantitative estimate of drug-likeness (QED) is 0.810. The SMILES string of the molecule is C1=NO1.COC(=O)Cc1ccccc1Oc1ccccc1. The normalized spacial score (nSPS) is 10.7. The molecule has 0 aliphatic carbocycles. The zero-order valence-corrected chi connectivity index (χ0v) is 11.6. The van der Waals surface area contributed by atoms with Gasteiger partial charge in [0.2, 0.25) is 6.40 Å². The monoisotopic (exact) mass is 285 g/mol. The summed E-state index contributed by atoms with van der Waals surface area (Å²) >= 11 is 0. The van der Waals surface area contributed by atoms with Gasteiger partial charge < -0.3 is 14.3 Å². The number of carbonyl (C=O) groups excluding carboxylic acids is 1. The molecule has 0 aromatic heterocycles. The first kappa shape index (κ1) is 14.6. The van der Waals surface area contributed by atoms with E-state index >= 15 is 0 Å². The summed E-state index contributed by atoms with van der Waals surface area (Å²) in [6.07, 6.45) is 1.58. The smallest absolute Gasteiger partial charge is 0.310 e. The molecule has 0 atom stereocenters. The van der Waals surface area contributed by atoms with Crippen molar-refractivity contribution in [2.24, 2.45) is 5.16 Å². The van der Waals surface area contributed by atoms with Gasteiger partial charge in [0.05, 0.1) is 13.5 Å². The number of carbonyl (C=O) groups is 1. The van der Waals surface area contributed by atoms with Crippen LogP contribution in [0, 0.1) is 0 Å². The molecule has 1 aliphatic heterocycles. The van der Waals surface area contributed by atoms with Gasteiger partial charge in [-0.3, -0.25) is 4.79 Å². The van der Waals surface area contributed by atoms with Crippen molar-refractivity contribution in [3.63, 3.8) is 0 Å². The maximum Gasteiger partial charge on any atom is 0.310 e. The summed E-state index contributed by atoms with van der Waals surface area (Å²) in [5.41, 5.74) is 0.813. The lowest BCUT2D eigenvalue weighted by atomic mass is 10.1. The van der Waals surface area contributed by atoms with Crippen molar-refractivity contribution in [2.45, 2.75) is 6.42 Å². The van der Waals surface area contributed by atoms with E-state index in [1.807, 2.05) is 54.6 Å². The van der Waals surface area contributed by atoms with Crippen molar-refractivity contribution in [1.29, 1.82) is 0 Å². The molecule has 21 heavy (non-hydrogen) atoms. The molecule has 0 amide bonds. The molecule has 1 heterocycles. The van der Waals surface area contributed by atoms with Crippen LogP contribution >= 0.6 is 0 Å². The highest BCUT2D eigenvalue weighted by molar-refractivity contribution is 5.73. The summed E-state index contributed by atoms with van der Waals surface area (Å²) in [5, 5.41) is 3.12. The topological polar surface area (TPSA) is 60.4 Å². The molecule has 0 radical (unpaired) electrons. The number of nitrogens with zero attached hydrogens (tertiary/aromatic N) is 1. The Morgan fingerprint density at radius 2 is 1.71 bits per heavy atom. The van der Waals surface area contributed by atoms with Gasteiger partial charge >= 0.3 is 5.97 Å². The second kappa shape index (κ2) is 7.69. The largest absolute Gasteiger partial charge is 0.469 e. The highest BCUT2D eigenvalue weighted by Gasteiger charge is 2.09. The highest BCUT2D eigenvalue weighted by Crippen LogP contribution is 2.25. The summed E-state index contributed by atoms with van der Waals surface area (Å²) in [5.74, 6) is 1.14. The maximum atomic E-state index is 11.3. The van der Waals surface area contributed by atoms with E-state index in [2.05, 4.69) is 14.7 Å². The van der Waals surface area contributed by atoms with Gasteiger partial charge in [0.25, 0.3) is 0 Å². The van der Waals surface area contributed by atoms with Crippen LogP contribution in [-0.2, 0) is 20.8 Å². The first-order valence-corrected chi connectivity index (χ1v) is 6.35. The second-order valence-electron chi connectivity index (χ2n) is 4.09. The fourth-order valence-electron chi connectivity index (χ4n) is 1.59. The van der Waals surface area contributed by atoms with E-state index in [4.69, 9.17) is 4.74 Å². The van der Waals surface area contributed by atoms with Crippen molar-refractivity contribution >= 4 is 12.4 Å². The van der Waals surface area contributed by atoms with Crippen LogP contribution in [0.4, 0.5) is 0 Å². The molecule has 0 saturated carbocycles. The third kappa shape index (κ3) is 5.36. The van der Waals surface area contributed by atoms with Gasteiger partial charge in [-0.1, -0.05) is 36.4 Å². The second-order valence-corrected chi connectivity index (χ2v) is 4.09. The average molecular weight is 285 g/mol. The molecule has 2 aromatic rings. The molecule has 3 rings (SSSR count). The van der Waals surface area contributed by atoms with Gasteiger partial charge in [0.15, 0.2) is 0 Å². The molecule has 0 bridgehead atoms. The predicted octanol–water partition coefficient (Wildman–Crippen LogP) is 3.15. The van der Waals surface area contributed by atoms with E-state index < -0.39 is 0 Å². The molecule has 0 N–H and O–H groups in total. The van der Waals surface area contributed by atoms with Crippen LogP contribution in [0.15, 0.2) is 59.8 Å². The Bertz CT molecular complexity index is 607. The zero-order valence-electron chi connectivity index (χ0n) is 11.6. The zero-order chi connectivity index (χ0) is 14.9. The number of para-hydroxylation sites is 2. The van der Waals surface area contributed by atoms with Crippen molar-refractivity contribution in [1.82, 2.24) is 0 Å². The Hall–Kier alpha value is -2.82. The molecule has 0 unspecified atom stereocenters. The van der Waals surface area contributed by atoms with Crippen molar-refractivity contribution in [2.75, 3.05) is 7.11 Å². The van der Waals surface area contributed by atoms with Crippen LogP contribution in [-0.4, -0.2) is 19.5 Å². The number of rotatable bonds is 4. The van der Waals surface area contributed by atoms with Gasteiger partial charge in [-0.15, -0.1) is 0 Å². The van der Waals surface area contributed by atoms with Gasteiger partial charge in [-0.25, -0.2) is 0 Å². The highest BCUT2D eigenvalue weighted by atomic mass is 16.7. The van der Waals surface area contributed by atoms with Crippen LogP contribution in [0.25, 0.3) is 0 Å². The van der Waals surface area contributed by atoms with E-state index in [1.54, 1.807) is 0 Å². The Labute approximate surface area is 122 Å². The summed E-state index contributed by atoms with van der Waals surface area (Å²) in [6.45, 7) is 0. The Kier molecular flexibility index (Phi) is 5.34. The van der Waals surface area contributed by atoms with E-state index in [1.165, 1.54) is 13.5 Å². The molecule has 5 nitrogen and oxygen atoms in total. The predicted molar refractivity (Wildman–Crippen MR) is 78.3 cm³/mol. The van der Waals surface area contributed by atoms with Crippen LogP contribution in [0.1, 0.15) is 5.56 Å². The fourth-order valence-corrected chi connectivity index (χ4v) is 1.59. The van der Waals surface area contributed by atoms with E-state index in [9.17, 15) is 4.79 Å². The van der Waals surface area contributed by atoms with Crippen molar-refractivity contribution in [3.05, 3.63) is 60.2 Å².